The molecule has 5 nitrogen and oxygen atoms in total. The lowest BCUT2D eigenvalue weighted by atomic mass is 10.2. The minimum absolute atomic E-state index is 0.150. The maximum Gasteiger partial charge on any atom is 0.274 e. The first kappa shape index (κ1) is 17.6. The first-order valence-electron chi connectivity index (χ1n) is 7.93. The van der Waals surface area contributed by atoms with Crippen LogP contribution in [-0.4, -0.2) is 16.8 Å². The van der Waals surface area contributed by atoms with Crippen molar-refractivity contribution in [3.05, 3.63) is 88.7 Å². The van der Waals surface area contributed by atoms with Crippen LogP contribution in [0.2, 0.25) is 5.02 Å². The molecule has 0 fully saturated rings. The smallest absolute Gasteiger partial charge is 0.274 e. The molecule has 0 bridgehead atoms. The van der Waals surface area contributed by atoms with Crippen molar-refractivity contribution in [2.75, 3.05) is 10.6 Å². The molecule has 0 saturated carbocycles. The second-order valence-electron chi connectivity index (χ2n) is 5.69. The van der Waals surface area contributed by atoms with Gasteiger partial charge in [-0.3, -0.25) is 9.59 Å². The molecule has 26 heavy (non-hydrogen) atoms. The number of benzene rings is 2. The molecular weight excluding hydrogens is 350 g/mol. The fraction of sp³-hybridized carbons (Fsp3) is 0.0500. The molecule has 0 aliphatic heterocycles. The summed E-state index contributed by atoms with van der Waals surface area (Å²) >= 11 is 5.83. The fourth-order valence-electron chi connectivity index (χ4n) is 2.25. The first-order valence-corrected chi connectivity index (χ1v) is 8.31. The summed E-state index contributed by atoms with van der Waals surface area (Å²) < 4.78 is 0. The molecule has 1 heterocycles. The number of carbonyl (C=O) groups excluding carboxylic acids is 2. The number of halogens is 1. The molecule has 0 saturated heterocycles. The zero-order chi connectivity index (χ0) is 18.5. The van der Waals surface area contributed by atoms with E-state index in [4.69, 9.17) is 11.6 Å². The molecular formula is C20H16ClN3O2. The van der Waals surface area contributed by atoms with Crippen LogP contribution in [0.15, 0.2) is 66.7 Å². The second kappa shape index (κ2) is 7.80. The van der Waals surface area contributed by atoms with Gasteiger partial charge in [-0.2, -0.15) is 0 Å². The van der Waals surface area contributed by atoms with E-state index >= 15 is 0 Å². The molecule has 0 aliphatic carbocycles. The van der Waals surface area contributed by atoms with E-state index in [1.807, 2.05) is 31.2 Å². The highest BCUT2D eigenvalue weighted by Crippen LogP contribution is 2.15. The van der Waals surface area contributed by atoms with Gasteiger partial charge in [0.1, 0.15) is 11.4 Å². The van der Waals surface area contributed by atoms with Gasteiger partial charge in [0.2, 0.25) is 0 Å². The number of nitrogens with one attached hydrogen (secondary N) is 2. The largest absolute Gasteiger partial charge is 0.321 e. The molecule has 2 amide bonds. The summed E-state index contributed by atoms with van der Waals surface area (Å²) in [6, 6.07) is 18.9. The van der Waals surface area contributed by atoms with Crippen LogP contribution < -0.4 is 10.6 Å². The number of pyridine rings is 1. The maximum absolute atomic E-state index is 12.3. The molecule has 0 unspecified atom stereocenters. The van der Waals surface area contributed by atoms with Crippen LogP contribution in [-0.2, 0) is 0 Å². The average Bonchev–Trinajstić information content (AvgIpc) is 2.65. The van der Waals surface area contributed by atoms with Gasteiger partial charge in [-0.1, -0.05) is 35.4 Å². The van der Waals surface area contributed by atoms with E-state index in [9.17, 15) is 9.59 Å². The van der Waals surface area contributed by atoms with Gasteiger partial charge in [0.05, 0.1) is 0 Å². The molecule has 0 spiro atoms. The Morgan fingerprint density at radius 2 is 1.23 bits per heavy atom. The highest BCUT2D eigenvalue weighted by Gasteiger charge is 2.13. The summed E-state index contributed by atoms with van der Waals surface area (Å²) in [5, 5.41) is 6.05. The van der Waals surface area contributed by atoms with E-state index in [0.29, 0.717) is 16.4 Å². The van der Waals surface area contributed by atoms with Gasteiger partial charge >= 0.3 is 0 Å². The average molecular weight is 366 g/mol. The van der Waals surface area contributed by atoms with E-state index < -0.39 is 5.91 Å². The summed E-state index contributed by atoms with van der Waals surface area (Å²) in [6.07, 6.45) is 0. The lowest BCUT2D eigenvalue weighted by Crippen LogP contribution is -2.18. The van der Waals surface area contributed by atoms with Gasteiger partial charge in [-0.05, 0) is 55.5 Å². The number of nitrogens with zero attached hydrogens (tertiary/aromatic N) is 1. The van der Waals surface area contributed by atoms with Gasteiger partial charge < -0.3 is 10.6 Å². The molecule has 3 aromatic rings. The van der Waals surface area contributed by atoms with Crippen molar-refractivity contribution < 1.29 is 9.59 Å². The van der Waals surface area contributed by atoms with E-state index in [1.54, 1.807) is 42.5 Å². The number of amides is 2. The second-order valence-corrected chi connectivity index (χ2v) is 6.13. The molecule has 1 aromatic heterocycles. The van der Waals surface area contributed by atoms with Crippen molar-refractivity contribution in [2.24, 2.45) is 0 Å². The number of hydrogen-bond donors (Lipinski definition) is 2. The van der Waals surface area contributed by atoms with Crippen molar-refractivity contribution in [1.29, 1.82) is 0 Å². The molecule has 2 N–H and O–H groups in total. The number of anilines is 2. The SMILES string of the molecule is Cc1ccc(NC(=O)c2cccc(C(=O)Nc3ccc(Cl)cc3)n2)cc1. The van der Waals surface area contributed by atoms with Crippen LogP contribution in [0, 0.1) is 6.92 Å². The third kappa shape index (κ3) is 4.46. The van der Waals surface area contributed by atoms with Gasteiger partial charge in [0, 0.05) is 16.4 Å². The number of carbonyl (C=O) groups is 2. The standard InChI is InChI=1S/C20H16ClN3O2/c1-13-5-9-15(10-6-13)22-19(25)17-3-2-4-18(24-17)20(26)23-16-11-7-14(21)8-12-16/h2-12H,1H3,(H,22,25)(H,23,26). The minimum Gasteiger partial charge on any atom is -0.321 e. The van der Waals surface area contributed by atoms with Gasteiger partial charge in [0.15, 0.2) is 0 Å². The van der Waals surface area contributed by atoms with Crippen LogP contribution >= 0.6 is 11.6 Å². The number of aromatic nitrogens is 1. The predicted octanol–water partition coefficient (Wildman–Crippen LogP) is 4.55. The lowest BCUT2D eigenvalue weighted by Gasteiger charge is -2.08. The Balaban J connectivity index is 1.72. The van der Waals surface area contributed by atoms with Crippen LogP contribution in [0.3, 0.4) is 0 Å². The highest BCUT2D eigenvalue weighted by molar-refractivity contribution is 6.30. The number of hydrogen-bond acceptors (Lipinski definition) is 3. The highest BCUT2D eigenvalue weighted by atomic mass is 35.5. The van der Waals surface area contributed by atoms with Crippen molar-refractivity contribution in [2.45, 2.75) is 6.92 Å². The topological polar surface area (TPSA) is 71.1 Å². The van der Waals surface area contributed by atoms with Crippen molar-refractivity contribution in [3.8, 4) is 0 Å². The minimum atomic E-state index is -0.405. The Labute approximate surface area is 156 Å². The Hall–Kier alpha value is -3.18. The zero-order valence-corrected chi connectivity index (χ0v) is 14.7. The maximum atomic E-state index is 12.3. The first-order chi connectivity index (χ1) is 12.5. The molecule has 6 heteroatoms. The van der Waals surface area contributed by atoms with Gasteiger partial charge in [-0.25, -0.2) is 4.98 Å². The van der Waals surface area contributed by atoms with Crippen molar-refractivity contribution >= 4 is 34.8 Å². The predicted molar refractivity (Wildman–Crippen MR) is 103 cm³/mol. The Kier molecular flexibility index (Phi) is 5.29. The van der Waals surface area contributed by atoms with Crippen LogP contribution in [0.5, 0.6) is 0 Å². The quantitative estimate of drug-likeness (QED) is 0.712. The molecule has 2 aromatic carbocycles. The summed E-state index contributed by atoms with van der Waals surface area (Å²) in [7, 11) is 0. The van der Waals surface area contributed by atoms with E-state index in [1.165, 1.54) is 0 Å². The summed E-state index contributed by atoms with van der Waals surface area (Å²) in [5.41, 5.74) is 2.67. The third-order valence-corrected chi connectivity index (χ3v) is 3.88. The number of rotatable bonds is 4. The molecule has 3 rings (SSSR count). The number of aryl methyl sites for hydroxylation is 1. The van der Waals surface area contributed by atoms with Crippen LogP contribution in [0.4, 0.5) is 11.4 Å². The van der Waals surface area contributed by atoms with Gasteiger partial charge in [-0.15, -0.1) is 0 Å². The molecule has 0 radical (unpaired) electrons. The Morgan fingerprint density at radius 3 is 1.73 bits per heavy atom. The fourth-order valence-corrected chi connectivity index (χ4v) is 2.37. The summed E-state index contributed by atoms with van der Waals surface area (Å²) in [4.78, 5) is 28.8. The van der Waals surface area contributed by atoms with Crippen molar-refractivity contribution in [3.63, 3.8) is 0 Å². The lowest BCUT2D eigenvalue weighted by molar-refractivity contribution is 0.101. The molecule has 0 atom stereocenters. The van der Waals surface area contributed by atoms with Crippen LogP contribution in [0.25, 0.3) is 0 Å². The Bertz CT molecular complexity index is 863. The Morgan fingerprint density at radius 1 is 0.769 bits per heavy atom. The van der Waals surface area contributed by atoms with E-state index in [0.717, 1.165) is 5.56 Å². The molecule has 130 valence electrons. The normalized spacial score (nSPS) is 10.2. The van der Waals surface area contributed by atoms with Crippen molar-refractivity contribution in [1.82, 2.24) is 4.98 Å². The summed E-state index contributed by atoms with van der Waals surface area (Å²) in [6.45, 7) is 1.97. The molecule has 0 aliphatic rings. The van der Waals surface area contributed by atoms with Gasteiger partial charge in [0.25, 0.3) is 11.8 Å². The summed E-state index contributed by atoms with van der Waals surface area (Å²) in [5.74, 6) is -0.785. The van der Waals surface area contributed by atoms with Crippen LogP contribution in [0.1, 0.15) is 26.5 Å². The van der Waals surface area contributed by atoms with E-state index in [-0.39, 0.29) is 17.3 Å². The zero-order valence-electron chi connectivity index (χ0n) is 14.0. The monoisotopic (exact) mass is 365 g/mol. The van der Waals surface area contributed by atoms with E-state index in [2.05, 4.69) is 15.6 Å². The third-order valence-electron chi connectivity index (χ3n) is 3.63.